The van der Waals surface area contributed by atoms with Gasteiger partial charge in [-0.1, -0.05) is 18.9 Å². The molecule has 0 atom stereocenters. The lowest BCUT2D eigenvalue weighted by Gasteiger charge is -2.13. The lowest BCUT2D eigenvalue weighted by Crippen LogP contribution is -2.41. The van der Waals surface area contributed by atoms with E-state index in [0.717, 1.165) is 25.7 Å². The van der Waals surface area contributed by atoms with E-state index in [1.807, 2.05) is 0 Å². The fraction of sp³-hybridized carbons (Fsp3) is 0.500. The minimum absolute atomic E-state index is 0.0173. The zero-order chi connectivity index (χ0) is 13.7. The molecule has 19 heavy (non-hydrogen) atoms. The summed E-state index contributed by atoms with van der Waals surface area (Å²) in [5, 5.41) is 5.49. The molecule has 1 aromatic rings. The predicted octanol–water partition coefficient (Wildman–Crippen LogP) is 2.75. The Kier molecular flexibility index (Phi) is 4.71. The van der Waals surface area contributed by atoms with Crippen molar-refractivity contribution in [3.63, 3.8) is 0 Å². The van der Waals surface area contributed by atoms with Crippen LogP contribution in [0.4, 0.5) is 13.6 Å². The highest BCUT2D eigenvalue weighted by Crippen LogP contribution is 2.17. The summed E-state index contributed by atoms with van der Waals surface area (Å²) < 4.78 is 26.7. The van der Waals surface area contributed by atoms with Crippen molar-refractivity contribution in [2.24, 2.45) is 0 Å². The minimum Gasteiger partial charge on any atom is -0.338 e. The first-order valence-electron chi connectivity index (χ1n) is 6.64. The SMILES string of the molecule is O=C(NCCc1c(F)cccc1F)NC1CCCC1. The average Bonchev–Trinajstić information content (AvgIpc) is 2.85. The molecule has 0 heterocycles. The lowest BCUT2D eigenvalue weighted by atomic mass is 10.1. The van der Waals surface area contributed by atoms with Crippen molar-refractivity contribution in [1.29, 1.82) is 0 Å². The summed E-state index contributed by atoms with van der Waals surface area (Å²) in [4.78, 5) is 11.5. The van der Waals surface area contributed by atoms with Crippen LogP contribution in [-0.4, -0.2) is 18.6 Å². The molecule has 1 fully saturated rings. The fourth-order valence-electron chi connectivity index (χ4n) is 2.38. The molecule has 1 aromatic carbocycles. The van der Waals surface area contributed by atoms with Crippen molar-refractivity contribution in [3.05, 3.63) is 35.4 Å². The van der Waals surface area contributed by atoms with Crippen molar-refractivity contribution in [3.8, 4) is 0 Å². The third-order valence-corrected chi connectivity index (χ3v) is 3.41. The Hall–Kier alpha value is -1.65. The molecule has 1 aliphatic rings. The highest BCUT2D eigenvalue weighted by Gasteiger charge is 2.16. The molecule has 0 spiro atoms. The van der Waals surface area contributed by atoms with E-state index in [2.05, 4.69) is 10.6 Å². The zero-order valence-corrected chi connectivity index (χ0v) is 10.7. The number of benzene rings is 1. The molecule has 0 bridgehead atoms. The predicted molar refractivity (Wildman–Crippen MR) is 68.9 cm³/mol. The van der Waals surface area contributed by atoms with Gasteiger partial charge in [0.05, 0.1) is 0 Å². The Bertz CT molecular complexity index is 425. The summed E-state index contributed by atoms with van der Waals surface area (Å²) in [6.45, 7) is 0.219. The minimum atomic E-state index is -0.571. The first-order valence-corrected chi connectivity index (χ1v) is 6.64. The van der Waals surface area contributed by atoms with Crippen molar-refractivity contribution in [2.75, 3.05) is 6.54 Å². The van der Waals surface area contributed by atoms with Gasteiger partial charge >= 0.3 is 6.03 Å². The van der Waals surface area contributed by atoms with E-state index in [-0.39, 0.29) is 30.6 Å². The third kappa shape index (κ3) is 3.91. The van der Waals surface area contributed by atoms with Crippen LogP contribution < -0.4 is 10.6 Å². The summed E-state index contributed by atoms with van der Waals surface area (Å²) >= 11 is 0. The van der Waals surface area contributed by atoms with E-state index in [1.54, 1.807) is 0 Å². The second-order valence-corrected chi connectivity index (χ2v) is 4.83. The van der Waals surface area contributed by atoms with Crippen molar-refractivity contribution < 1.29 is 13.6 Å². The van der Waals surface area contributed by atoms with Crippen LogP contribution in [0.25, 0.3) is 0 Å². The molecule has 104 valence electrons. The number of hydrogen-bond donors (Lipinski definition) is 2. The van der Waals surface area contributed by atoms with Gasteiger partial charge in [0.1, 0.15) is 11.6 Å². The van der Waals surface area contributed by atoms with Gasteiger partial charge in [0.2, 0.25) is 0 Å². The van der Waals surface area contributed by atoms with Crippen LogP contribution in [0.15, 0.2) is 18.2 Å². The summed E-state index contributed by atoms with van der Waals surface area (Å²) in [5.74, 6) is -1.14. The second-order valence-electron chi connectivity index (χ2n) is 4.83. The Morgan fingerprint density at radius 2 is 1.84 bits per heavy atom. The van der Waals surface area contributed by atoms with Gasteiger partial charge < -0.3 is 10.6 Å². The fourth-order valence-corrected chi connectivity index (χ4v) is 2.38. The number of carbonyl (C=O) groups is 1. The second kappa shape index (κ2) is 6.50. The highest BCUT2D eigenvalue weighted by atomic mass is 19.1. The van der Waals surface area contributed by atoms with Crippen LogP contribution in [0.2, 0.25) is 0 Å². The standard InChI is InChI=1S/C14H18F2N2O/c15-12-6-3-7-13(16)11(12)8-9-17-14(19)18-10-4-1-2-5-10/h3,6-7,10H,1-2,4-5,8-9H2,(H2,17,18,19). The third-order valence-electron chi connectivity index (χ3n) is 3.41. The molecular weight excluding hydrogens is 250 g/mol. The number of urea groups is 1. The van der Waals surface area contributed by atoms with E-state index in [9.17, 15) is 13.6 Å². The Balaban J connectivity index is 1.75. The highest BCUT2D eigenvalue weighted by molar-refractivity contribution is 5.74. The van der Waals surface area contributed by atoms with Crippen LogP contribution >= 0.6 is 0 Å². The monoisotopic (exact) mass is 268 g/mol. The molecule has 1 aliphatic carbocycles. The topological polar surface area (TPSA) is 41.1 Å². The smallest absolute Gasteiger partial charge is 0.315 e. The van der Waals surface area contributed by atoms with Gasteiger partial charge in [-0.25, -0.2) is 13.6 Å². The molecule has 2 N–H and O–H groups in total. The van der Waals surface area contributed by atoms with Crippen LogP contribution in [0.3, 0.4) is 0 Å². The van der Waals surface area contributed by atoms with E-state index < -0.39 is 11.6 Å². The van der Waals surface area contributed by atoms with Crippen LogP contribution in [0.5, 0.6) is 0 Å². The molecular formula is C14H18F2N2O. The first kappa shape index (κ1) is 13.8. The van der Waals surface area contributed by atoms with Crippen LogP contribution in [0.1, 0.15) is 31.2 Å². The number of carbonyl (C=O) groups excluding carboxylic acids is 1. The molecule has 0 radical (unpaired) electrons. The van der Waals surface area contributed by atoms with Gasteiger partial charge in [-0.05, 0) is 31.4 Å². The van der Waals surface area contributed by atoms with Gasteiger partial charge in [-0.2, -0.15) is 0 Å². The number of rotatable bonds is 4. The molecule has 0 unspecified atom stereocenters. The lowest BCUT2D eigenvalue weighted by molar-refractivity contribution is 0.237. The summed E-state index contributed by atoms with van der Waals surface area (Å²) in [6, 6.07) is 3.75. The number of nitrogens with one attached hydrogen (secondary N) is 2. The van der Waals surface area contributed by atoms with E-state index in [0.29, 0.717) is 0 Å². The molecule has 5 heteroatoms. The zero-order valence-electron chi connectivity index (χ0n) is 10.7. The normalized spacial score (nSPS) is 15.5. The van der Waals surface area contributed by atoms with E-state index in [1.165, 1.54) is 18.2 Å². The maximum atomic E-state index is 13.3. The average molecular weight is 268 g/mol. The molecule has 0 saturated heterocycles. The summed E-state index contributed by atoms with van der Waals surface area (Å²) in [5.41, 5.74) is 0.0173. The molecule has 2 amide bonds. The van der Waals surface area contributed by atoms with Gasteiger partial charge in [0.15, 0.2) is 0 Å². The Morgan fingerprint density at radius 1 is 1.21 bits per heavy atom. The number of amides is 2. The van der Waals surface area contributed by atoms with Gasteiger partial charge in [0, 0.05) is 18.2 Å². The maximum Gasteiger partial charge on any atom is 0.315 e. The summed E-state index contributed by atoms with van der Waals surface area (Å²) in [6.07, 6.45) is 4.46. The first-order chi connectivity index (χ1) is 9.16. The number of halogens is 2. The van der Waals surface area contributed by atoms with Gasteiger partial charge in [-0.3, -0.25) is 0 Å². The number of hydrogen-bond acceptors (Lipinski definition) is 1. The summed E-state index contributed by atoms with van der Waals surface area (Å²) in [7, 11) is 0. The van der Waals surface area contributed by atoms with E-state index in [4.69, 9.17) is 0 Å². The van der Waals surface area contributed by atoms with Crippen molar-refractivity contribution in [2.45, 2.75) is 38.1 Å². The van der Waals surface area contributed by atoms with Crippen LogP contribution in [0, 0.1) is 11.6 Å². The Morgan fingerprint density at radius 3 is 2.47 bits per heavy atom. The Labute approximate surface area is 111 Å². The molecule has 1 saturated carbocycles. The quantitative estimate of drug-likeness (QED) is 0.866. The largest absolute Gasteiger partial charge is 0.338 e. The van der Waals surface area contributed by atoms with Gasteiger partial charge in [-0.15, -0.1) is 0 Å². The van der Waals surface area contributed by atoms with Crippen LogP contribution in [-0.2, 0) is 6.42 Å². The molecule has 0 aliphatic heterocycles. The van der Waals surface area contributed by atoms with Crippen molar-refractivity contribution >= 4 is 6.03 Å². The molecule has 3 nitrogen and oxygen atoms in total. The van der Waals surface area contributed by atoms with Crippen molar-refractivity contribution in [1.82, 2.24) is 10.6 Å². The van der Waals surface area contributed by atoms with E-state index >= 15 is 0 Å². The molecule has 2 rings (SSSR count). The maximum absolute atomic E-state index is 13.3. The van der Waals surface area contributed by atoms with Gasteiger partial charge in [0.25, 0.3) is 0 Å². The molecule has 0 aromatic heterocycles.